The van der Waals surface area contributed by atoms with Gasteiger partial charge in [-0.3, -0.25) is 9.80 Å². The summed E-state index contributed by atoms with van der Waals surface area (Å²) in [5.41, 5.74) is -0.303. The molecule has 0 aromatic heterocycles. The molecule has 4 heteroatoms. The summed E-state index contributed by atoms with van der Waals surface area (Å²) in [6.45, 7) is 8.97. The van der Waals surface area contributed by atoms with Crippen LogP contribution in [0.15, 0.2) is 0 Å². The maximum atomic E-state index is 10.2. The zero-order valence-corrected chi connectivity index (χ0v) is 10.9. The monoisotopic (exact) mass is 239 g/mol. The van der Waals surface area contributed by atoms with E-state index in [1.807, 2.05) is 0 Å². The van der Waals surface area contributed by atoms with Gasteiger partial charge < -0.3 is 10.0 Å². The Kier molecular flexibility index (Phi) is 3.15. The lowest BCUT2D eigenvalue weighted by Gasteiger charge is -2.48. The molecule has 0 spiro atoms. The van der Waals surface area contributed by atoms with Gasteiger partial charge >= 0.3 is 0 Å². The van der Waals surface area contributed by atoms with E-state index in [0.717, 1.165) is 19.6 Å². The van der Waals surface area contributed by atoms with E-state index in [-0.39, 0.29) is 5.60 Å². The molecular formula is C13H25N3O. The van der Waals surface area contributed by atoms with Crippen molar-refractivity contribution in [1.29, 1.82) is 0 Å². The van der Waals surface area contributed by atoms with Gasteiger partial charge in [0.1, 0.15) is 0 Å². The van der Waals surface area contributed by atoms with Crippen molar-refractivity contribution >= 4 is 0 Å². The molecule has 0 bridgehead atoms. The fourth-order valence-corrected chi connectivity index (χ4v) is 3.12. The highest BCUT2D eigenvalue weighted by molar-refractivity contribution is 5.05. The molecule has 0 amide bonds. The van der Waals surface area contributed by atoms with Crippen molar-refractivity contribution in [2.45, 2.75) is 18.4 Å². The smallest absolute Gasteiger partial charge is 0.0928 e. The van der Waals surface area contributed by atoms with E-state index in [0.29, 0.717) is 5.92 Å². The van der Waals surface area contributed by atoms with Crippen molar-refractivity contribution in [2.75, 3.05) is 59.4 Å². The number of likely N-dealkylation sites (N-methyl/N-ethyl adjacent to an activating group) is 1. The van der Waals surface area contributed by atoms with Crippen LogP contribution < -0.4 is 0 Å². The van der Waals surface area contributed by atoms with Crippen LogP contribution in [0.1, 0.15) is 12.8 Å². The third kappa shape index (κ3) is 2.65. The summed E-state index contributed by atoms with van der Waals surface area (Å²) in [6, 6.07) is 0. The predicted octanol–water partition coefficient (Wildman–Crippen LogP) is -0.309. The number of β-amino-alcohol motifs (C(OH)–C–C–N with tert-alkyl or cyclic N) is 1. The average molecular weight is 239 g/mol. The van der Waals surface area contributed by atoms with Crippen LogP contribution in [-0.2, 0) is 0 Å². The number of likely N-dealkylation sites (tertiary alicyclic amines) is 1. The van der Waals surface area contributed by atoms with E-state index in [1.165, 1.54) is 45.6 Å². The zero-order chi connectivity index (χ0) is 11.9. The van der Waals surface area contributed by atoms with E-state index in [2.05, 4.69) is 21.7 Å². The molecule has 3 fully saturated rings. The van der Waals surface area contributed by atoms with E-state index in [4.69, 9.17) is 0 Å². The molecule has 3 aliphatic rings. The van der Waals surface area contributed by atoms with Crippen molar-refractivity contribution in [1.82, 2.24) is 14.7 Å². The molecule has 1 saturated carbocycles. The van der Waals surface area contributed by atoms with E-state index < -0.39 is 0 Å². The van der Waals surface area contributed by atoms with Crippen LogP contribution >= 0.6 is 0 Å². The second kappa shape index (κ2) is 4.50. The Morgan fingerprint density at radius 3 is 2.18 bits per heavy atom. The summed E-state index contributed by atoms with van der Waals surface area (Å²) in [6.07, 6.45) is 2.51. The molecule has 1 aliphatic carbocycles. The van der Waals surface area contributed by atoms with Crippen molar-refractivity contribution in [2.24, 2.45) is 5.92 Å². The Hall–Kier alpha value is -0.160. The minimum atomic E-state index is -0.303. The first-order chi connectivity index (χ1) is 8.16. The van der Waals surface area contributed by atoms with Gasteiger partial charge in [-0.05, 0) is 25.8 Å². The maximum absolute atomic E-state index is 10.2. The van der Waals surface area contributed by atoms with Gasteiger partial charge in [0.15, 0.2) is 0 Å². The van der Waals surface area contributed by atoms with E-state index in [1.54, 1.807) is 0 Å². The van der Waals surface area contributed by atoms with Gasteiger partial charge in [0.25, 0.3) is 0 Å². The molecule has 2 saturated heterocycles. The first-order valence-electron chi connectivity index (χ1n) is 7.01. The Balaban J connectivity index is 1.33. The SMILES string of the molecule is CN1CCN(CCN2CC(O)(C3CC3)C2)CC1. The number of piperazine rings is 1. The van der Waals surface area contributed by atoms with Crippen molar-refractivity contribution in [3.8, 4) is 0 Å². The molecule has 2 heterocycles. The highest BCUT2D eigenvalue weighted by Crippen LogP contribution is 2.44. The highest BCUT2D eigenvalue weighted by atomic mass is 16.3. The second-order valence-corrected chi connectivity index (χ2v) is 6.23. The quantitative estimate of drug-likeness (QED) is 0.729. The molecule has 0 atom stereocenters. The van der Waals surface area contributed by atoms with Gasteiger partial charge in [0, 0.05) is 52.4 Å². The van der Waals surface area contributed by atoms with Gasteiger partial charge in [-0.1, -0.05) is 0 Å². The molecule has 17 heavy (non-hydrogen) atoms. The standard InChI is InChI=1S/C13H25N3O/c1-14-4-6-15(7-5-14)8-9-16-10-13(17,11-16)12-2-3-12/h12,17H,2-11H2,1H3. The largest absolute Gasteiger partial charge is 0.387 e. The zero-order valence-electron chi connectivity index (χ0n) is 10.9. The fourth-order valence-electron chi connectivity index (χ4n) is 3.12. The summed E-state index contributed by atoms with van der Waals surface area (Å²) in [7, 11) is 2.20. The van der Waals surface area contributed by atoms with Crippen LogP contribution in [0.2, 0.25) is 0 Å². The number of hydrogen-bond acceptors (Lipinski definition) is 4. The molecule has 2 aliphatic heterocycles. The highest BCUT2D eigenvalue weighted by Gasteiger charge is 2.51. The van der Waals surface area contributed by atoms with Crippen molar-refractivity contribution in [3.63, 3.8) is 0 Å². The summed E-state index contributed by atoms with van der Waals surface area (Å²) >= 11 is 0. The molecule has 0 unspecified atom stereocenters. The lowest BCUT2D eigenvalue weighted by atomic mass is 9.89. The number of rotatable bonds is 4. The normalized spacial score (nSPS) is 31.4. The van der Waals surface area contributed by atoms with Gasteiger partial charge in [-0.25, -0.2) is 0 Å². The molecular weight excluding hydrogens is 214 g/mol. The fraction of sp³-hybridized carbons (Fsp3) is 1.00. The molecule has 0 aromatic carbocycles. The van der Waals surface area contributed by atoms with Gasteiger partial charge in [-0.2, -0.15) is 0 Å². The van der Waals surface area contributed by atoms with Crippen LogP contribution in [0.5, 0.6) is 0 Å². The van der Waals surface area contributed by atoms with E-state index >= 15 is 0 Å². The predicted molar refractivity (Wildman–Crippen MR) is 68.1 cm³/mol. The van der Waals surface area contributed by atoms with Gasteiger partial charge in [-0.15, -0.1) is 0 Å². The van der Waals surface area contributed by atoms with Crippen molar-refractivity contribution in [3.05, 3.63) is 0 Å². The molecule has 3 rings (SSSR count). The maximum Gasteiger partial charge on any atom is 0.0928 e. The van der Waals surface area contributed by atoms with Crippen LogP contribution in [0.4, 0.5) is 0 Å². The average Bonchev–Trinajstić information content (AvgIpc) is 3.09. The summed E-state index contributed by atoms with van der Waals surface area (Å²) in [5, 5.41) is 10.2. The van der Waals surface area contributed by atoms with Crippen molar-refractivity contribution < 1.29 is 5.11 Å². The van der Waals surface area contributed by atoms with Gasteiger partial charge in [0.05, 0.1) is 5.60 Å². The lowest BCUT2D eigenvalue weighted by molar-refractivity contribution is -0.114. The van der Waals surface area contributed by atoms with E-state index in [9.17, 15) is 5.11 Å². The Bertz CT molecular complexity index is 266. The third-order valence-corrected chi connectivity index (χ3v) is 4.66. The molecule has 98 valence electrons. The minimum absolute atomic E-state index is 0.303. The third-order valence-electron chi connectivity index (χ3n) is 4.66. The van der Waals surface area contributed by atoms with Crippen LogP contribution in [0.3, 0.4) is 0 Å². The molecule has 0 aromatic rings. The lowest BCUT2D eigenvalue weighted by Crippen LogP contribution is -2.64. The first kappa shape index (κ1) is 11.9. The van der Waals surface area contributed by atoms with Crippen LogP contribution in [-0.4, -0.2) is 84.8 Å². The number of nitrogens with zero attached hydrogens (tertiary/aromatic N) is 3. The summed E-state index contributed by atoms with van der Waals surface area (Å²) < 4.78 is 0. The topological polar surface area (TPSA) is 30.0 Å². The number of aliphatic hydroxyl groups is 1. The minimum Gasteiger partial charge on any atom is -0.387 e. The molecule has 0 radical (unpaired) electrons. The Labute approximate surface area is 104 Å². The Morgan fingerprint density at radius 2 is 1.59 bits per heavy atom. The van der Waals surface area contributed by atoms with Gasteiger partial charge in [0.2, 0.25) is 0 Å². The number of hydrogen-bond donors (Lipinski definition) is 1. The summed E-state index contributed by atoms with van der Waals surface area (Å²) in [5.74, 6) is 0.627. The molecule has 4 nitrogen and oxygen atoms in total. The van der Waals surface area contributed by atoms with Crippen LogP contribution in [0.25, 0.3) is 0 Å². The molecule has 1 N–H and O–H groups in total. The van der Waals surface area contributed by atoms with Crippen LogP contribution in [0, 0.1) is 5.92 Å². The second-order valence-electron chi connectivity index (χ2n) is 6.23. The summed E-state index contributed by atoms with van der Waals surface area (Å²) in [4.78, 5) is 7.36. The first-order valence-corrected chi connectivity index (χ1v) is 7.01. The Morgan fingerprint density at radius 1 is 1.00 bits per heavy atom.